The van der Waals surface area contributed by atoms with Crippen LogP contribution in [0.5, 0.6) is 0 Å². The van der Waals surface area contributed by atoms with Crippen molar-refractivity contribution in [1.82, 2.24) is 4.98 Å². The molecule has 0 aliphatic rings. The number of pyridine rings is 1. The Morgan fingerprint density at radius 1 is 1.62 bits per heavy atom. The van der Waals surface area contributed by atoms with Crippen LogP contribution in [0.3, 0.4) is 0 Å². The standard InChI is InChI=1S/C6H8ClN3O2S/c1-4-2-3-9-6(7)5(4)10-13(8,11)12/h2-3,10H,1H3,(H2,8,11,12). The number of rotatable bonds is 2. The summed E-state index contributed by atoms with van der Waals surface area (Å²) in [4.78, 5) is 3.71. The highest BCUT2D eigenvalue weighted by atomic mass is 35.5. The fourth-order valence-electron chi connectivity index (χ4n) is 0.790. The molecule has 0 amide bonds. The topological polar surface area (TPSA) is 85.1 Å². The summed E-state index contributed by atoms with van der Waals surface area (Å²) >= 11 is 5.64. The van der Waals surface area contributed by atoms with Crippen LogP contribution in [0.25, 0.3) is 0 Å². The molecular formula is C6H8ClN3O2S. The van der Waals surface area contributed by atoms with E-state index >= 15 is 0 Å². The number of anilines is 1. The second-order valence-electron chi connectivity index (χ2n) is 2.44. The second-order valence-corrected chi connectivity index (χ2v) is 4.09. The molecule has 0 spiro atoms. The van der Waals surface area contributed by atoms with Crippen molar-refractivity contribution in [3.63, 3.8) is 0 Å². The van der Waals surface area contributed by atoms with Crippen molar-refractivity contribution in [2.24, 2.45) is 5.14 Å². The maximum Gasteiger partial charge on any atom is 0.296 e. The first kappa shape index (κ1) is 10.2. The lowest BCUT2D eigenvalue weighted by Crippen LogP contribution is -2.22. The van der Waals surface area contributed by atoms with Gasteiger partial charge in [0.05, 0.1) is 5.69 Å². The number of hydrogen-bond donors (Lipinski definition) is 2. The predicted octanol–water partition coefficient (Wildman–Crippen LogP) is 0.659. The van der Waals surface area contributed by atoms with E-state index in [9.17, 15) is 8.42 Å². The Bertz CT molecular complexity index is 398. The van der Waals surface area contributed by atoms with Gasteiger partial charge in [0.1, 0.15) is 0 Å². The van der Waals surface area contributed by atoms with Gasteiger partial charge in [-0.3, -0.25) is 4.72 Å². The molecule has 0 bridgehead atoms. The zero-order valence-electron chi connectivity index (χ0n) is 6.78. The normalized spacial score (nSPS) is 11.3. The number of aromatic nitrogens is 1. The molecule has 1 rings (SSSR count). The smallest absolute Gasteiger partial charge is 0.268 e. The van der Waals surface area contributed by atoms with Gasteiger partial charge >= 0.3 is 0 Å². The van der Waals surface area contributed by atoms with E-state index in [1.54, 1.807) is 13.0 Å². The highest BCUT2D eigenvalue weighted by Crippen LogP contribution is 2.22. The average Bonchev–Trinajstić information content (AvgIpc) is 1.95. The number of hydrogen-bond acceptors (Lipinski definition) is 3. The summed E-state index contributed by atoms with van der Waals surface area (Å²) in [5.74, 6) is 0. The summed E-state index contributed by atoms with van der Waals surface area (Å²) in [6.07, 6.45) is 1.48. The van der Waals surface area contributed by atoms with Gasteiger partial charge in [-0.25, -0.2) is 10.1 Å². The minimum atomic E-state index is -3.80. The second kappa shape index (κ2) is 3.49. The van der Waals surface area contributed by atoms with Crippen LogP contribution in [-0.2, 0) is 10.2 Å². The zero-order chi connectivity index (χ0) is 10.1. The van der Waals surface area contributed by atoms with Gasteiger partial charge in [-0.2, -0.15) is 8.42 Å². The molecule has 13 heavy (non-hydrogen) atoms. The lowest BCUT2D eigenvalue weighted by atomic mass is 10.3. The molecule has 1 aromatic heterocycles. The van der Waals surface area contributed by atoms with E-state index in [4.69, 9.17) is 16.7 Å². The molecule has 0 saturated heterocycles. The van der Waals surface area contributed by atoms with Crippen molar-refractivity contribution in [2.75, 3.05) is 4.72 Å². The molecular weight excluding hydrogens is 214 g/mol. The summed E-state index contributed by atoms with van der Waals surface area (Å²) in [5, 5.41) is 4.86. The van der Waals surface area contributed by atoms with E-state index in [1.165, 1.54) is 6.20 Å². The molecule has 0 aromatic carbocycles. The number of nitrogens with one attached hydrogen (secondary N) is 1. The fourth-order valence-corrected chi connectivity index (χ4v) is 1.64. The third kappa shape index (κ3) is 2.83. The number of nitrogens with zero attached hydrogens (tertiary/aromatic N) is 1. The van der Waals surface area contributed by atoms with E-state index in [2.05, 4.69) is 9.71 Å². The van der Waals surface area contributed by atoms with Crippen molar-refractivity contribution < 1.29 is 8.42 Å². The molecule has 72 valence electrons. The van der Waals surface area contributed by atoms with Crippen molar-refractivity contribution in [3.05, 3.63) is 23.0 Å². The van der Waals surface area contributed by atoms with Gasteiger partial charge in [0.2, 0.25) is 0 Å². The molecule has 0 fully saturated rings. The Kier molecular flexibility index (Phi) is 2.74. The van der Waals surface area contributed by atoms with Crippen LogP contribution in [0.1, 0.15) is 5.56 Å². The van der Waals surface area contributed by atoms with Crippen LogP contribution >= 0.6 is 11.6 Å². The van der Waals surface area contributed by atoms with E-state index in [0.717, 1.165) is 0 Å². The Morgan fingerprint density at radius 2 is 2.23 bits per heavy atom. The first-order chi connectivity index (χ1) is 5.90. The molecule has 1 aromatic rings. The molecule has 0 aliphatic heterocycles. The molecule has 0 saturated carbocycles. The lowest BCUT2D eigenvalue weighted by molar-refractivity contribution is 0.603. The first-order valence-corrected chi connectivity index (χ1v) is 5.24. The monoisotopic (exact) mass is 221 g/mol. The van der Waals surface area contributed by atoms with Crippen LogP contribution < -0.4 is 9.86 Å². The van der Waals surface area contributed by atoms with E-state index < -0.39 is 10.2 Å². The predicted molar refractivity (Wildman–Crippen MR) is 50.7 cm³/mol. The molecule has 0 aliphatic carbocycles. The van der Waals surface area contributed by atoms with Crippen molar-refractivity contribution >= 4 is 27.5 Å². The van der Waals surface area contributed by atoms with Crippen molar-refractivity contribution in [3.8, 4) is 0 Å². The van der Waals surface area contributed by atoms with Gasteiger partial charge in [-0.15, -0.1) is 0 Å². The summed E-state index contributed by atoms with van der Waals surface area (Å²) in [6.45, 7) is 1.70. The number of halogens is 1. The summed E-state index contributed by atoms with van der Waals surface area (Å²) in [7, 11) is -3.80. The molecule has 0 radical (unpaired) electrons. The molecule has 0 unspecified atom stereocenters. The summed E-state index contributed by atoms with van der Waals surface area (Å²) in [5.41, 5.74) is 0.876. The minimum Gasteiger partial charge on any atom is -0.268 e. The number of aryl methyl sites for hydroxylation is 1. The molecule has 7 heteroatoms. The summed E-state index contributed by atoms with van der Waals surface area (Å²) < 4.78 is 23.4. The highest BCUT2D eigenvalue weighted by Gasteiger charge is 2.09. The summed E-state index contributed by atoms with van der Waals surface area (Å²) in [6, 6.07) is 1.62. The van der Waals surface area contributed by atoms with Crippen LogP contribution in [0, 0.1) is 6.92 Å². The SMILES string of the molecule is Cc1ccnc(Cl)c1NS(N)(=O)=O. The van der Waals surface area contributed by atoms with Crippen LogP contribution in [0.2, 0.25) is 5.15 Å². The van der Waals surface area contributed by atoms with Gasteiger partial charge < -0.3 is 0 Å². The third-order valence-electron chi connectivity index (χ3n) is 1.36. The Morgan fingerprint density at radius 3 is 2.69 bits per heavy atom. The van der Waals surface area contributed by atoms with Crippen molar-refractivity contribution in [1.29, 1.82) is 0 Å². The van der Waals surface area contributed by atoms with Gasteiger partial charge in [0, 0.05) is 6.20 Å². The molecule has 5 nitrogen and oxygen atoms in total. The van der Waals surface area contributed by atoms with E-state index in [-0.39, 0.29) is 10.8 Å². The van der Waals surface area contributed by atoms with Gasteiger partial charge in [-0.1, -0.05) is 11.6 Å². The van der Waals surface area contributed by atoms with Gasteiger partial charge in [0.25, 0.3) is 10.2 Å². The van der Waals surface area contributed by atoms with Gasteiger partial charge in [-0.05, 0) is 18.6 Å². The maximum absolute atomic E-state index is 10.7. The fraction of sp³-hybridized carbons (Fsp3) is 0.167. The van der Waals surface area contributed by atoms with Crippen LogP contribution in [0.15, 0.2) is 12.3 Å². The maximum atomic E-state index is 10.7. The van der Waals surface area contributed by atoms with Crippen LogP contribution in [-0.4, -0.2) is 13.4 Å². The molecule has 0 atom stereocenters. The van der Waals surface area contributed by atoms with Gasteiger partial charge in [0.15, 0.2) is 5.15 Å². The highest BCUT2D eigenvalue weighted by molar-refractivity contribution is 7.90. The lowest BCUT2D eigenvalue weighted by Gasteiger charge is -2.07. The third-order valence-corrected chi connectivity index (χ3v) is 2.13. The Balaban J connectivity index is 3.15. The van der Waals surface area contributed by atoms with Crippen molar-refractivity contribution in [2.45, 2.75) is 6.92 Å². The minimum absolute atomic E-state index is 0.0778. The Labute approximate surface area is 81.1 Å². The number of nitrogens with two attached hydrogens (primary N) is 1. The van der Waals surface area contributed by atoms with Crippen LogP contribution in [0.4, 0.5) is 5.69 Å². The van der Waals surface area contributed by atoms with E-state index in [0.29, 0.717) is 5.56 Å². The largest absolute Gasteiger partial charge is 0.296 e. The van der Waals surface area contributed by atoms with E-state index in [1.807, 2.05) is 0 Å². The molecule has 3 N–H and O–H groups in total. The Hall–Kier alpha value is -0.850. The molecule has 1 heterocycles. The first-order valence-electron chi connectivity index (χ1n) is 3.32. The quantitative estimate of drug-likeness (QED) is 0.720. The zero-order valence-corrected chi connectivity index (χ0v) is 8.35. The average molecular weight is 222 g/mol.